The molecular weight excluding hydrogens is 282 g/mol. The Hall–Kier alpha value is -2.22. The van der Waals surface area contributed by atoms with Crippen LogP contribution in [0.15, 0.2) is 22.8 Å². The molecule has 20 heavy (non-hydrogen) atoms. The monoisotopic (exact) mass is 295 g/mol. The van der Waals surface area contributed by atoms with Crippen LogP contribution in [-0.2, 0) is 4.79 Å². The Morgan fingerprint density at radius 2 is 2.35 bits per heavy atom. The lowest BCUT2D eigenvalue weighted by atomic mass is 10.1. The number of hydrogen-bond acceptors (Lipinski definition) is 6. The highest BCUT2D eigenvalue weighted by Crippen LogP contribution is 2.30. The van der Waals surface area contributed by atoms with Crippen LogP contribution in [0, 0.1) is 12.1 Å². The van der Waals surface area contributed by atoms with Gasteiger partial charge in [-0.2, -0.15) is 12.6 Å². The minimum atomic E-state index is -0.264. The second-order valence-electron chi connectivity index (χ2n) is 3.99. The molecule has 106 valence electrons. The molecule has 0 aliphatic carbocycles. The number of carbonyl (C=O) groups is 1. The topological polar surface area (TPSA) is 91.3 Å². The van der Waals surface area contributed by atoms with Crippen molar-refractivity contribution in [2.75, 3.05) is 18.2 Å². The maximum atomic E-state index is 11.4. The van der Waals surface area contributed by atoms with Crippen LogP contribution in [0.5, 0.6) is 5.75 Å². The fraction of sp³-hybridized carbons (Fsp3) is 0.250. The Balaban J connectivity index is 2.44. The van der Waals surface area contributed by atoms with Crippen LogP contribution < -0.4 is 15.0 Å². The van der Waals surface area contributed by atoms with Gasteiger partial charge in [0.05, 0.1) is 18.6 Å². The first kappa shape index (κ1) is 14.2. The summed E-state index contributed by atoms with van der Waals surface area (Å²) in [5, 5.41) is 17.6. The number of hydrogen-bond donors (Lipinski definition) is 2. The van der Waals surface area contributed by atoms with Crippen LogP contribution in [0.4, 0.5) is 5.69 Å². The van der Waals surface area contributed by atoms with E-state index < -0.39 is 0 Å². The molecule has 0 aliphatic rings. The quantitative estimate of drug-likeness (QED) is 0.652. The molecule has 0 spiro atoms. The summed E-state index contributed by atoms with van der Waals surface area (Å²) in [5.74, 6) is 0.288. The number of nitrogens with zero attached hydrogens (tertiary/aromatic N) is 2. The summed E-state index contributed by atoms with van der Waals surface area (Å²) in [6.07, 6.45) is 0. The van der Waals surface area contributed by atoms with Crippen LogP contribution in [0.1, 0.15) is 5.69 Å². The van der Waals surface area contributed by atoms with E-state index in [4.69, 9.17) is 4.74 Å². The van der Waals surface area contributed by atoms with E-state index >= 15 is 0 Å². The molecule has 1 N–H and O–H groups in total. The second kappa shape index (κ2) is 5.83. The Kier molecular flexibility index (Phi) is 4.14. The number of rotatable bonds is 4. The third-order valence-corrected chi connectivity index (χ3v) is 3.00. The Morgan fingerprint density at radius 3 is 2.90 bits per heavy atom. The number of thiol groups is 1. The lowest BCUT2D eigenvalue weighted by Gasteiger charge is -2.10. The van der Waals surface area contributed by atoms with Crippen molar-refractivity contribution < 1.29 is 19.1 Å². The van der Waals surface area contributed by atoms with Gasteiger partial charge in [-0.15, -0.1) is 0 Å². The van der Waals surface area contributed by atoms with Gasteiger partial charge in [0.25, 0.3) is 5.69 Å². The van der Waals surface area contributed by atoms with E-state index in [1.807, 2.05) is 0 Å². The van der Waals surface area contributed by atoms with Gasteiger partial charge in [-0.05, 0) is 23.1 Å². The summed E-state index contributed by atoms with van der Waals surface area (Å²) in [7, 11) is 1.50. The van der Waals surface area contributed by atoms with Gasteiger partial charge >= 0.3 is 0 Å². The highest BCUT2D eigenvalue weighted by molar-refractivity contribution is 7.81. The number of ether oxygens (including phenoxy) is 1. The van der Waals surface area contributed by atoms with Crippen molar-refractivity contribution >= 4 is 24.2 Å². The maximum absolute atomic E-state index is 11.4. The van der Waals surface area contributed by atoms with Gasteiger partial charge in [0.1, 0.15) is 5.75 Å². The molecule has 1 heterocycles. The van der Waals surface area contributed by atoms with Crippen molar-refractivity contribution in [3.05, 3.63) is 29.1 Å². The van der Waals surface area contributed by atoms with Gasteiger partial charge in [-0.3, -0.25) is 9.42 Å². The predicted molar refractivity (Wildman–Crippen MR) is 74.7 cm³/mol. The SMILES string of the molecule is COc1ccc(-c2no[n+]([O-])c2C)cc1NC(=O)CS. The van der Waals surface area contributed by atoms with Crippen molar-refractivity contribution in [1.29, 1.82) is 0 Å². The van der Waals surface area contributed by atoms with Crippen LogP contribution in [0.3, 0.4) is 0 Å². The molecule has 1 aromatic carbocycles. The van der Waals surface area contributed by atoms with Gasteiger partial charge in [0.15, 0.2) is 0 Å². The predicted octanol–water partition coefficient (Wildman–Crippen LogP) is 1.16. The number of nitrogens with one attached hydrogen (secondary N) is 1. The standard InChI is InChI=1S/C12H13N3O4S/c1-7-12(14-19-15(7)17)8-3-4-10(18-2)9(5-8)13-11(16)6-20/h3-5,20H,6H2,1-2H3,(H,13,16). The Labute approximate surface area is 120 Å². The minimum Gasteiger partial charge on any atom is -0.495 e. The van der Waals surface area contributed by atoms with E-state index in [9.17, 15) is 10.0 Å². The molecule has 0 atom stereocenters. The number of amides is 1. The third kappa shape index (κ3) is 2.69. The van der Waals surface area contributed by atoms with Crippen molar-refractivity contribution in [3.8, 4) is 17.0 Å². The van der Waals surface area contributed by atoms with E-state index in [2.05, 4.69) is 27.7 Å². The highest BCUT2D eigenvalue weighted by atomic mass is 32.1. The van der Waals surface area contributed by atoms with E-state index in [1.54, 1.807) is 25.1 Å². The van der Waals surface area contributed by atoms with Crippen LogP contribution in [0.25, 0.3) is 11.3 Å². The summed E-state index contributed by atoms with van der Waals surface area (Å²) < 4.78 is 9.70. The summed E-state index contributed by atoms with van der Waals surface area (Å²) in [5.41, 5.74) is 1.85. The highest BCUT2D eigenvalue weighted by Gasteiger charge is 2.18. The number of methoxy groups -OCH3 is 1. The third-order valence-electron chi connectivity index (χ3n) is 2.71. The van der Waals surface area contributed by atoms with Gasteiger partial charge < -0.3 is 15.3 Å². The van der Waals surface area contributed by atoms with Gasteiger partial charge in [0.2, 0.25) is 11.6 Å². The first-order chi connectivity index (χ1) is 9.56. The first-order valence-corrected chi connectivity index (χ1v) is 6.35. The molecule has 0 unspecified atom stereocenters. The summed E-state index contributed by atoms with van der Waals surface area (Å²) in [6.45, 7) is 1.59. The normalized spacial score (nSPS) is 10.3. The largest absolute Gasteiger partial charge is 0.495 e. The molecule has 7 nitrogen and oxygen atoms in total. The molecule has 2 aromatic rings. The number of anilines is 1. The molecule has 2 rings (SSSR count). The summed E-state index contributed by atoms with van der Waals surface area (Å²) in [4.78, 5) is 11.8. The molecule has 0 fully saturated rings. The van der Waals surface area contributed by atoms with Crippen molar-refractivity contribution in [2.45, 2.75) is 6.92 Å². The van der Waals surface area contributed by atoms with Crippen molar-refractivity contribution in [1.82, 2.24) is 5.16 Å². The molecule has 0 saturated heterocycles. The minimum absolute atomic E-state index is 0.0525. The van der Waals surface area contributed by atoms with Crippen LogP contribution in [0.2, 0.25) is 0 Å². The molecule has 0 saturated carbocycles. The molecular formula is C12H13N3O4S. The zero-order chi connectivity index (χ0) is 14.7. The molecule has 1 amide bonds. The van der Waals surface area contributed by atoms with Crippen molar-refractivity contribution in [2.24, 2.45) is 0 Å². The number of benzene rings is 1. The second-order valence-corrected chi connectivity index (χ2v) is 4.30. The van der Waals surface area contributed by atoms with Gasteiger partial charge in [0, 0.05) is 17.6 Å². The summed E-state index contributed by atoms with van der Waals surface area (Å²) >= 11 is 3.90. The number of carbonyl (C=O) groups excluding carboxylic acids is 1. The average molecular weight is 295 g/mol. The lowest BCUT2D eigenvalue weighted by molar-refractivity contribution is -0.806. The molecule has 8 heteroatoms. The Bertz CT molecular complexity index is 642. The van der Waals surface area contributed by atoms with Crippen LogP contribution in [-0.4, -0.2) is 23.9 Å². The van der Waals surface area contributed by atoms with Gasteiger partial charge in [-0.25, -0.2) is 0 Å². The first-order valence-electron chi connectivity index (χ1n) is 5.72. The van der Waals surface area contributed by atoms with E-state index in [1.165, 1.54) is 7.11 Å². The van der Waals surface area contributed by atoms with E-state index in [0.717, 1.165) is 0 Å². The fourth-order valence-electron chi connectivity index (χ4n) is 1.70. The molecule has 0 radical (unpaired) electrons. The summed E-state index contributed by atoms with van der Waals surface area (Å²) in [6, 6.07) is 5.05. The Morgan fingerprint density at radius 1 is 1.60 bits per heavy atom. The maximum Gasteiger partial charge on any atom is 0.251 e. The van der Waals surface area contributed by atoms with E-state index in [0.29, 0.717) is 33.3 Å². The van der Waals surface area contributed by atoms with Crippen molar-refractivity contribution in [3.63, 3.8) is 0 Å². The zero-order valence-corrected chi connectivity index (χ0v) is 11.8. The number of aromatic nitrogens is 2. The lowest BCUT2D eigenvalue weighted by Crippen LogP contribution is -2.25. The average Bonchev–Trinajstić information content (AvgIpc) is 2.79. The van der Waals surface area contributed by atoms with Gasteiger partial charge in [-0.1, -0.05) is 0 Å². The van der Waals surface area contributed by atoms with E-state index in [-0.39, 0.29) is 11.7 Å². The smallest absolute Gasteiger partial charge is 0.251 e. The fourth-order valence-corrected chi connectivity index (χ4v) is 1.78. The van der Waals surface area contributed by atoms with Crippen LogP contribution >= 0.6 is 12.6 Å². The molecule has 0 aliphatic heterocycles. The molecule has 1 aromatic heterocycles. The zero-order valence-electron chi connectivity index (χ0n) is 10.9. The molecule has 0 bridgehead atoms.